The van der Waals surface area contributed by atoms with E-state index in [9.17, 15) is 23.2 Å². The molecule has 10 heteroatoms. The van der Waals surface area contributed by atoms with E-state index < -0.39 is 18.5 Å². The quantitative estimate of drug-likeness (QED) is 0.494. The molecule has 0 aliphatic heterocycles. The first-order valence-corrected chi connectivity index (χ1v) is 8.93. The molecule has 0 unspecified atom stereocenters. The molecule has 0 saturated carbocycles. The number of nitrogens with one attached hydrogen (secondary N) is 2. The molecule has 0 radical (unpaired) electrons. The van der Waals surface area contributed by atoms with Gasteiger partial charge in [0.25, 0.3) is 5.91 Å². The van der Waals surface area contributed by atoms with Crippen LogP contribution in [0.2, 0.25) is 0 Å². The van der Waals surface area contributed by atoms with E-state index >= 15 is 0 Å². The van der Waals surface area contributed by atoms with Gasteiger partial charge in [-0.3, -0.25) is 9.59 Å². The Kier molecular flexibility index (Phi) is 7.14. The SMILES string of the molecule is CCc1c(C(=O)Nc2cc(OC(F)F)c(OC)cc2C(=O)OC)[nH]c(C)c1C(C)=O. The summed E-state index contributed by atoms with van der Waals surface area (Å²) in [5.41, 5.74) is 1.32. The van der Waals surface area contributed by atoms with Gasteiger partial charge in [0.05, 0.1) is 25.5 Å². The van der Waals surface area contributed by atoms with E-state index in [1.165, 1.54) is 14.0 Å². The molecule has 1 aromatic carbocycles. The molecular weight excluding hydrogens is 402 g/mol. The molecule has 0 saturated heterocycles. The van der Waals surface area contributed by atoms with E-state index in [1.807, 2.05) is 0 Å². The number of ether oxygens (including phenoxy) is 3. The molecule has 8 nitrogen and oxygen atoms in total. The van der Waals surface area contributed by atoms with Crippen molar-refractivity contribution in [2.75, 3.05) is 19.5 Å². The number of aryl methyl sites for hydroxylation is 1. The Morgan fingerprint density at radius 3 is 2.33 bits per heavy atom. The van der Waals surface area contributed by atoms with Crippen molar-refractivity contribution in [2.45, 2.75) is 33.8 Å². The van der Waals surface area contributed by atoms with Gasteiger partial charge >= 0.3 is 12.6 Å². The maximum atomic E-state index is 12.9. The molecular formula is C20H22F2N2O6. The van der Waals surface area contributed by atoms with Gasteiger partial charge in [0.1, 0.15) is 5.69 Å². The van der Waals surface area contributed by atoms with Crippen LogP contribution in [0.1, 0.15) is 56.3 Å². The van der Waals surface area contributed by atoms with Gasteiger partial charge in [-0.1, -0.05) is 6.92 Å². The highest BCUT2D eigenvalue weighted by atomic mass is 19.3. The first-order chi connectivity index (χ1) is 14.1. The molecule has 1 aromatic heterocycles. The van der Waals surface area contributed by atoms with Crippen LogP contribution < -0.4 is 14.8 Å². The fourth-order valence-corrected chi connectivity index (χ4v) is 3.18. The van der Waals surface area contributed by atoms with E-state index in [4.69, 9.17) is 9.47 Å². The summed E-state index contributed by atoms with van der Waals surface area (Å²) in [7, 11) is 2.35. The van der Waals surface area contributed by atoms with Crippen molar-refractivity contribution >= 4 is 23.3 Å². The molecule has 2 aromatic rings. The summed E-state index contributed by atoms with van der Waals surface area (Å²) < 4.78 is 39.6. The Labute approximate surface area is 171 Å². The van der Waals surface area contributed by atoms with Crippen molar-refractivity contribution in [3.8, 4) is 11.5 Å². The molecule has 0 bridgehead atoms. The summed E-state index contributed by atoms with van der Waals surface area (Å²) in [5, 5.41) is 2.50. The maximum Gasteiger partial charge on any atom is 0.387 e. The van der Waals surface area contributed by atoms with Crippen LogP contribution in [-0.2, 0) is 11.2 Å². The Bertz CT molecular complexity index is 984. The molecule has 1 amide bonds. The summed E-state index contributed by atoms with van der Waals surface area (Å²) in [4.78, 5) is 39.9. The second kappa shape index (κ2) is 9.38. The second-order valence-electron chi connectivity index (χ2n) is 6.26. The number of aromatic amines is 1. The zero-order valence-electron chi connectivity index (χ0n) is 17.1. The number of H-pyrrole nitrogens is 1. The first-order valence-electron chi connectivity index (χ1n) is 8.93. The Balaban J connectivity index is 2.55. The van der Waals surface area contributed by atoms with Crippen molar-refractivity contribution in [3.63, 3.8) is 0 Å². The number of anilines is 1. The minimum atomic E-state index is -3.15. The number of rotatable bonds is 8. The highest BCUT2D eigenvalue weighted by Gasteiger charge is 2.25. The number of carbonyl (C=O) groups is 3. The molecule has 0 atom stereocenters. The van der Waals surface area contributed by atoms with Gasteiger partial charge in [-0.05, 0) is 25.8 Å². The number of methoxy groups -OCH3 is 2. The van der Waals surface area contributed by atoms with Gasteiger partial charge in [0.2, 0.25) is 0 Å². The van der Waals surface area contributed by atoms with Crippen molar-refractivity contribution in [3.05, 3.63) is 40.2 Å². The van der Waals surface area contributed by atoms with Crippen LogP contribution in [-0.4, -0.2) is 43.5 Å². The van der Waals surface area contributed by atoms with Crippen LogP contribution in [0, 0.1) is 6.92 Å². The summed E-state index contributed by atoms with van der Waals surface area (Å²) >= 11 is 0. The summed E-state index contributed by atoms with van der Waals surface area (Å²) in [6.07, 6.45) is 0.397. The third kappa shape index (κ3) is 4.58. The van der Waals surface area contributed by atoms with E-state index in [-0.39, 0.29) is 34.2 Å². The second-order valence-corrected chi connectivity index (χ2v) is 6.26. The summed E-state index contributed by atoms with van der Waals surface area (Å²) in [6.45, 7) is 1.69. The van der Waals surface area contributed by atoms with Crippen LogP contribution in [0.3, 0.4) is 0 Å². The Morgan fingerprint density at radius 2 is 1.83 bits per heavy atom. The topological polar surface area (TPSA) is 107 Å². The fraction of sp³-hybridized carbons (Fsp3) is 0.350. The third-order valence-corrected chi connectivity index (χ3v) is 4.40. The van der Waals surface area contributed by atoms with Crippen molar-refractivity contribution in [1.82, 2.24) is 4.98 Å². The van der Waals surface area contributed by atoms with Gasteiger partial charge in [0.15, 0.2) is 17.3 Å². The summed E-state index contributed by atoms with van der Waals surface area (Å²) in [6, 6.07) is 2.17. The number of aromatic nitrogens is 1. The van der Waals surface area contributed by atoms with E-state index in [2.05, 4.69) is 15.0 Å². The minimum absolute atomic E-state index is 0.123. The monoisotopic (exact) mass is 424 g/mol. The molecule has 2 N–H and O–H groups in total. The normalized spacial score (nSPS) is 10.7. The highest BCUT2D eigenvalue weighted by Crippen LogP contribution is 2.35. The molecule has 0 spiro atoms. The first kappa shape index (κ1) is 22.9. The van der Waals surface area contributed by atoms with Gasteiger partial charge in [-0.15, -0.1) is 0 Å². The number of hydrogen-bond donors (Lipinski definition) is 2. The van der Waals surface area contributed by atoms with Gasteiger partial charge < -0.3 is 24.5 Å². The molecule has 30 heavy (non-hydrogen) atoms. The lowest BCUT2D eigenvalue weighted by atomic mass is 10.0. The summed E-state index contributed by atoms with van der Waals surface area (Å²) in [5.74, 6) is -2.21. The highest BCUT2D eigenvalue weighted by molar-refractivity contribution is 6.10. The molecule has 0 fully saturated rings. The number of amides is 1. The van der Waals surface area contributed by atoms with Gasteiger partial charge in [0, 0.05) is 23.4 Å². The van der Waals surface area contributed by atoms with Gasteiger partial charge in [-0.25, -0.2) is 4.79 Å². The largest absolute Gasteiger partial charge is 0.493 e. The number of ketones is 1. The molecule has 162 valence electrons. The Morgan fingerprint density at radius 1 is 1.17 bits per heavy atom. The Hall–Kier alpha value is -3.43. The van der Waals surface area contributed by atoms with Crippen LogP contribution in [0.4, 0.5) is 14.5 Å². The smallest absolute Gasteiger partial charge is 0.387 e. The predicted octanol–water partition coefficient (Wildman–Crippen LogP) is 3.74. The zero-order chi connectivity index (χ0) is 22.6. The number of Topliss-reactive ketones (excluding diaryl/α,β-unsaturated/α-hetero) is 1. The van der Waals surface area contributed by atoms with Crippen molar-refractivity contribution < 1.29 is 37.4 Å². The maximum absolute atomic E-state index is 12.9. The van der Waals surface area contributed by atoms with Crippen LogP contribution in [0.25, 0.3) is 0 Å². The average Bonchev–Trinajstić information content (AvgIpc) is 3.03. The standard InChI is InChI=1S/C20H22F2N2O6/c1-6-11-16(10(3)25)9(2)23-17(11)18(26)24-13-8-15(30-20(21)22)14(28-4)7-12(13)19(27)29-5/h7-8,20,23H,6H2,1-5H3,(H,24,26). The van der Waals surface area contributed by atoms with Crippen LogP contribution in [0.5, 0.6) is 11.5 Å². The fourth-order valence-electron chi connectivity index (χ4n) is 3.18. The lowest BCUT2D eigenvalue weighted by Gasteiger charge is -2.15. The number of alkyl halides is 2. The molecule has 2 rings (SSSR count). The van der Waals surface area contributed by atoms with Crippen LogP contribution in [0.15, 0.2) is 12.1 Å². The van der Waals surface area contributed by atoms with Crippen molar-refractivity contribution in [2.24, 2.45) is 0 Å². The third-order valence-electron chi connectivity index (χ3n) is 4.40. The number of carbonyl (C=O) groups excluding carboxylic acids is 3. The zero-order valence-corrected chi connectivity index (χ0v) is 17.1. The molecule has 1 heterocycles. The predicted molar refractivity (Wildman–Crippen MR) is 104 cm³/mol. The molecule has 0 aliphatic carbocycles. The number of benzene rings is 1. The van der Waals surface area contributed by atoms with Gasteiger partial charge in [-0.2, -0.15) is 8.78 Å². The lowest BCUT2D eigenvalue weighted by Crippen LogP contribution is -2.18. The molecule has 0 aliphatic rings. The number of halogens is 2. The van der Waals surface area contributed by atoms with Crippen LogP contribution >= 0.6 is 0 Å². The average molecular weight is 424 g/mol. The number of esters is 1. The lowest BCUT2D eigenvalue weighted by molar-refractivity contribution is -0.0511. The van der Waals surface area contributed by atoms with E-state index in [0.29, 0.717) is 23.2 Å². The number of hydrogen-bond acceptors (Lipinski definition) is 6. The van der Waals surface area contributed by atoms with E-state index in [1.54, 1.807) is 13.8 Å². The van der Waals surface area contributed by atoms with E-state index in [0.717, 1.165) is 19.2 Å². The minimum Gasteiger partial charge on any atom is -0.493 e. The van der Waals surface area contributed by atoms with Crippen molar-refractivity contribution in [1.29, 1.82) is 0 Å².